The summed E-state index contributed by atoms with van der Waals surface area (Å²) in [5.74, 6) is -1.31. The number of anilines is 1. The van der Waals surface area contributed by atoms with Crippen molar-refractivity contribution in [1.29, 1.82) is 0 Å². The van der Waals surface area contributed by atoms with Crippen LogP contribution in [-0.2, 0) is 26.3 Å². The largest absolute Gasteiger partial charge is 0.573 e. The van der Waals surface area contributed by atoms with E-state index in [1.54, 1.807) is 31.2 Å². The first-order chi connectivity index (χ1) is 17.4. The summed E-state index contributed by atoms with van der Waals surface area (Å²) in [7, 11) is 0. The highest BCUT2D eigenvalue weighted by Crippen LogP contribution is 2.29. The Morgan fingerprint density at radius 3 is 1.84 bits per heavy atom. The number of rotatable bonds is 8. The number of amides is 1. The molecular formula is C29H30F3NO4. The van der Waals surface area contributed by atoms with Crippen LogP contribution < -0.4 is 9.64 Å². The first-order valence-electron chi connectivity index (χ1n) is 11.9. The fourth-order valence-electron chi connectivity index (χ4n) is 3.73. The van der Waals surface area contributed by atoms with E-state index in [-0.39, 0.29) is 24.3 Å². The molecule has 0 aliphatic heterocycles. The van der Waals surface area contributed by atoms with Crippen LogP contribution in [0.25, 0.3) is 11.1 Å². The van der Waals surface area contributed by atoms with Gasteiger partial charge in [-0.2, -0.15) is 0 Å². The van der Waals surface area contributed by atoms with Gasteiger partial charge in [0.2, 0.25) is 5.91 Å². The van der Waals surface area contributed by atoms with Gasteiger partial charge in [-0.1, -0.05) is 69.3 Å². The van der Waals surface area contributed by atoms with Gasteiger partial charge >= 0.3 is 12.3 Å². The minimum atomic E-state index is -4.75. The van der Waals surface area contributed by atoms with Gasteiger partial charge in [-0.05, 0) is 58.9 Å². The molecule has 3 aromatic rings. The van der Waals surface area contributed by atoms with Gasteiger partial charge in [-0.25, -0.2) is 0 Å². The van der Waals surface area contributed by atoms with Crippen molar-refractivity contribution in [1.82, 2.24) is 0 Å². The topological polar surface area (TPSA) is 55.8 Å². The average molecular weight is 514 g/mol. The van der Waals surface area contributed by atoms with Crippen LogP contribution in [0.2, 0.25) is 0 Å². The highest BCUT2D eigenvalue weighted by atomic mass is 19.4. The molecule has 3 rings (SSSR count). The molecule has 8 heteroatoms. The second kappa shape index (κ2) is 11.5. The number of halogens is 3. The van der Waals surface area contributed by atoms with E-state index in [1.165, 1.54) is 29.2 Å². The maximum atomic E-state index is 13.1. The third-order valence-corrected chi connectivity index (χ3v) is 5.66. The first-order valence-corrected chi connectivity index (χ1v) is 11.9. The third-order valence-electron chi connectivity index (χ3n) is 5.66. The monoisotopic (exact) mass is 513 g/mol. The van der Waals surface area contributed by atoms with Crippen molar-refractivity contribution in [3.05, 3.63) is 83.9 Å². The van der Waals surface area contributed by atoms with Crippen LogP contribution >= 0.6 is 0 Å². The summed E-state index contributed by atoms with van der Waals surface area (Å²) in [5, 5.41) is 0. The molecule has 3 aromatic carbocycles. The molecule has 0 N–H and O–H groups in total. The Bertz CT molecular complexity index is 1200. The second-order valence-corrected chi connectivity index (χ2v) is 9.53. The molecule has 0 heterocycles. The standard InChI is InChI=1S/C29H30F3NO4/c1-5-36-27(35)18-26(34)33(19-20-6-12-23(13-7-20)28(2,3)4)24-14-8-21(9-15-24)22-10-16-25(17-11-22)37-29(30,31)32/h6-17H,5,18-19H2,1-4H3. The van der Waals surface area contributed by atoms with E-state index in [0.717, 1.165) is 16.7 Å². The molecule has 0 bridgehead atoms. The quantitative estimate of drug-likeness (QED) is 0.240. The van der Waals surface area contributed by atoms with Crippen molar-refractivity contribution in [2.75, 3.05) is 11.5 Å². The molecular weight excluding hydrogens is 483 g/mol. The molecule has 196 valence electrons. The van der Waals surface area contributed by atoms with E-state index in [1.807, 2.05) is 24.3 Å². The number of benzene rings is 3. The maximum Gasteiger partial charge on any atom is 0.573 e. The van der Waals surface area contributed by atoms with Crippen LogP contribution in [0.5, 0.6) is 5.75 Å². The molecule has 0 aliphatic rings. The summed E-state index contributed by atoms with van der Waals surface area (Å²) in [4.78, 5) is 26.6. The van der Waals surface area contributed by atoms with E-state index in [9.17, 15) is 22.8 Å². The van der Waals surface area contributed by atoms with Crippen LogP contribution in [0.4, 0.5) is 18.9 Å². The van der Waals surface area contributed by atoms with Crippen LogP contribution in [0.3, 0.4) is 0 Å². The summed E-state index contributed by atoms with van der Waals surface area (Å²) in [6.45, 7) is 8.48. The van der Waals surface area contributed by atoms with E-state index >= 15 is 0 Å². The van der Waals surface area contributed by atoms with Crippen molar-refractivity contribution in [2.45, 2.75) is 52.4 Å². The molecule has 0 spiro atoms. The lowest BCUT2D eigenvalue weighted by molar-refractivity contribution is -0.274. The SMILES string of the molecule is CCOC(=O)CC(=O)N(Cc1ccc(C(C)(C)C)cc1)c1ccc(-c2ccc(OC(F)(F)F)cc2)cc1. The van der Waals surface area contributed by atoms with Gasteiger partial charge in [-0.3, -0.25) is 9.59 Å². The molecule has 0 atom stereocenters. The molecule has 0 aliphatic carbocycles. The van der Waals surface area contributed by atoms with E-state index in [4.69, 9.17) is 4.74 Å². The van der Waals surface area contributed by atoms with Crippen molar-refractivity contribution in [3.8, 4) is 16.9 Å². The summed E-state index contributed by atoms with van der Waals surface area (Å²) >= 11 is 0. The van der Waals surface area contributed by atoms with E-state index in [2.05, 4.69) is 25.5 Å². The van der Waals surface area contributed by atoms with Gasteiger partial charge in [0.1, 0.15) is 12.2 Å². The Morgan fingerprint density at radius 1 is 0.811 bits per heavy atom. The third kappa shape index (κ3) is 8.10. The molecule has 0 aromatic heterocycles. The van der Waals surface area contributed by atoms with Crippen molar-refractivity contribution < 1.29 is 32.2 Å². The highest BCUT2D eigenvalue weighted by Gasteiger charge is 2.31. The molecule has 0 unspecified atom stereocenters. The summed E-state index contributed by atoms with van der Waals surface area (Å²) in [6, 6.07) is 20.5. The molecule has 1 amide bonds. The number of nitrogens with zero attached hydrogens (tertiary/aromatic N) is 1. The lowest BCUT2D eigenvalue weighted by Gasteiger charge is -2.24. The van der Waals surface area contributed by atoms with Crippen LogP contribution in [0.15, 0.2) is 72.8 Å². The predicted molar refractivity (Wildman–Crippen MR) is 136 cm³/mol. The van der Waals surface area contributed by atoms with Crippen LogP contribution in [0.1, 0.15) is 45.2 Å². The van der Waals surface area contributed by atoms with Gasteiger partial charge < -0.3 is 14.4 Å². The smallest absolute Gasteiger partial charge is 0.466 e. The van der Waals surface area contributed by atoms with E-state index in [0.29, 0.717) is 11.3 Å². The first kappa shape index (κ1) is 27.8. The lowest BCUT2D eigenvalue weighted by Crippen LogP contribution is -2.32. The molecule has 37 heavy (non-hydrogen) atoms. The van der Waals surface area contributed by atoms with Gasteiger partial charge in [-0.15, -0.1) is 13.2 Å². The number of ether oxygens (including phenoxy) is 2. The second-order valence-electron chi connectivity index (χ2n) is 9.53. The van der Waals surface area contributed by atoms with Crippen LogP contribution in [0, 0.1) is 0 Å². The Morgan fingerprint density at radius 2 is 1.35 bits per heavy atom. The van der Waals surface area contributed by atoms with Crippen molar-refractivity contribution in [2.24, 2.45) is 0 Å². The molecule has 0 fully saturated rings. The van der Waals surface area contributed by atoms with Gasteiger partial charge in [0, 0.05) is 5.69 Å². The number of carbonyl (C=O) groups excluding carboxylic acids is 2. The predicted octanol–water partition coefficient (Wildman–Crippen LogP) is 7.04. The van der Waals surface area contributed by atoms with Gasteiger partial charge in [0.15, 0.2) is 0 Å². The Labute approximate surface area is 214 Å². The van der Waals surface area contributed by atoms with Crippen molar-refractivity contribution >= 4 is 17.6 Å². The number of carbonyl (C=O) groups is 2. The number of esters is 1. The molecule has 5 nitrogen and oxygen atoms in total. The summed E-state index contributed by atoms with van der Waals surface area (Å²) < 4.78 is 46.1. The Kier molecular flexibility index (Phi) is 8.63. The van der Waals surface area contributed by atoms with Crippen LogP contribution in [-0.4, -0.2) is 24.8 Å². The summed E-state index contributed by atoms with van der Waals surface area (Å²) in [5.41, 5.74) is 4.06. The molecule has 0 saturated heterocycles. The Hall–Kier alpha value is -3.81. The van der Waals surface area contributed by atoms with Crippen molar-refractivity contribution in [3.63, 3.8) is 0 Å². The number of alkyl halides is 3. The minimum absolute atomic E-state index is 0.00908. The zero-order valence-electron chi connectivity index (χ0n) is 21.3. The number of hydrogen-bond donors (Lipinski definition) is 0. The fourth-order valence-corrected chi connectivity index (χ4v) is 3.73. The lowest BCUT2D eigenvalue weighted by atomic mass is 9.87. The van der Waals surface area contributed by atoms with E-state index < -0.39 is 24.7 Å². The highest BCUT2D eigenvalue weighted by molar-refractivity contribution is 6.03. The minimum Gasteiger partial charge on any atom is -0.466 e. The van der Waals surface area contributed by atoms with Gasteiger partial charge in [0.25, 0.3) is 0 Å². The number of hydrogen-bond acceptors (Lipinski definition) is 4. The molecule has 0 radical (unpaired) electrons. The Balaban J connectivity index is 1.84. The zero-order chi connectivity index (χ0) is 27.2. The maximum absolute atomic E-state index is 13.1. The molecule has 0 saturated carbocycles. The fraction of sp³-hybridized carbons (Fsp3) is 0.310. The zero-order valence-corrected chi connectivity index (χ0v) is 21.3. The normalized spacial score (nSPS) is 11.6. The summed E-state index contributed by atoms with van der Waals surface area (Å²) in [6.07, 6.45) is -5.15. The average Bonchev–Trinajstić information content (AvgIpc) is 2.82. The van der Waals surface area contributed by atoms with Gasteiger partial charge in [0.05, 0.1) is 13.2 Å².